The van der Waals surface area contributed by atoms with E-state index >= 15 is 0 Å². The Labute approximate surface area is 123 Å². The zero-order valence-electron chi connectivity index (χ0n) is 12.4. The summed E-state index contributed by atoms with van der Waals surface area (Å²) in [7, 11) is 3.46. The number of rotatable bonds is 3. The molecule has 0 radical (unpaired) electrons. The molecule has 0 spiro atoms. The minimum atomic E-state index is -0.464. The number of morpholine rings is 1. The first-order valence-electron chi connectivity index (χ1n) is 6.76. The van der Waals surface area contributed by atoms with Crippen LogP contribution in [0.25, 0.3) is 0 Å². The van der Waals surface area contributed by atoms with Gasteiger partial charge < -0.3 is 14.5 Å². The first-order chi connectivity index (χ1) is 9.90. The zero-order valence-corrected chi connectivity index (χ0v) is 12.4. The summed E-state index contributed by atoms with van der Waals surface area (Å²) >= 11 is 0. The second-order valence-corrected chi connectivity index (χ2v) is 5.29. The highest BCUT2D eigenvalue weighted by Crippen LogP contribution is 2.28. The molecule has 1 saturated heterocycles. The van der Waals surface area contributed by atoms with Gasteiger partial charge >= 0.3 is 0 Å². The molecular weight excluding hydrogens is 274 g/mol. The number of nitro groups is 1. The van der Waals surface area contributed by atoms with Gasteiger partial charge in [-0.05, 0) is 19.1 Å². The standard InChI is InChI=1S/C14H19N3O4/c1-10-9-16(6-7-21-10)14(18)11-4-5-12(15(2)3)13(8-11)17(19)20/h4-5,8,10H,6-7,9H2,1-3H3. The number of nitrogens with zero attached hydrogens (tertiary/aromatic N) is 3. The van der Waals surface area contributed by atoms with Crippen LogP contribution in [0, 0.1) is 10.1 Å². The number of anilines is 1. The van der Waals surface area contributed by atoms with Crippen molar-refractivity contribution >= 4 is 17.3 Å². The van der Waals surface area contributed by atoms with Crippen LogP contribution < -0.4 is 4.90 Å². The number of amides is 1. The molecule has 1 atom stereocenters. The molecule has 0 saturated carbocycles. The summed E-state index contributed by atoms with van der Waals surface area (Å²) in [6.07, 6.45) is -0.0151. The van der Waals surface area contributed by atoms with Crippen molar-refractivity contribution in [3.63, 3.8) is 0 Å². The lowest BCUT2D eigenvalue weighted by atomic mass is 10.1. The number of hydrogen-bond acceptors (Lipinski definition) is 5. The van der Waals surface area contributed by atoms with Crippen LogP contribution in [0.3, 0.4) is 0 Å². The van der Waals surface area contributed by atoms with Crippen LogP contribution >= 0.6 is 0 Å². The van der Waals surface area contributed by atoms with Gasteiger partial charge in [-0.3, -0.25) is 14.9 Å². The zero-order chi connectivity index (χ0) is 15.6. The lowest BCUT2D eigenvalue weighted by molar-refractivity contribution is -0.384. The molecule has 7 heteroatoms. The predicted octanol–water partition coefficient (Wildman–Crippen LogP) is 1.52. The Morgan fingerprint density at radius 1 is 1.48 bits per heavy atom. The number of carbonyl (C=O) groups excluding carboxylic acids is 1. The van der Waals surface area contributed by atoms with E-state index < -0.39 is 4.92 Å². The van der Waals surface area contributed by atoms with Gasteiger partial charge in [-0.2, -0.15) is 0 Å². The largest absolute Gasteiger partial charge is 0.375 e. The van der Waals surface area contributed by atoms with Crippen molar-refractivity contribution < 1.29 is 14.5 Å². The van der Waals surface area contributed by atoms with Crippen molar-refractivity contribution in [1.82, 2.24) is 4.90 Å². The second kappa shape index (κ2) is 6.09. The molecule has 114 valence electrons. The molecule has 0 N–H and O–H groups in total. The topological polar surface area (TPSA) is 75.9 Å². The smallest absolute Gasteiger partial charge is 0.293 e. The van der Waals surface area contributed by atoms with Gasteiger partial charge in [-0.25, -0.2) is 0 Å². The van der Waals surface area contributed by atoms with Crippen LogP contribution in [0.5, 0.6) is 0 Å². The Balaban J connectivity index is 2.29. The van der Waals surface area contributed by atoms with Crippen LogP contribution in [-0.4, -0.2) is 55.6 Å². The molecule has 1 amide bonds. The Kier molecular flexibility index (Phi) is 4.42. The van der Waals surface area contributed by atoms with E-state index in [9.17, 15) is 14.9 Å². The summed E-state index contributed by atoms with van der Waals surface area (Å²) in [5.74, 6) is -0.196. The molecule has 7 nitrogen and oxygen atoms in total. The second-order valence-electron chi connectivity index (χ2n) is 5.29. The predicted molar refractivity (Wildman–Crippen MR) is 78.7 cm³/mol. The summed E-state index contributed by atoms with van der Waals surface area (Å²) in [5, 5.41) is 11.2. The number of hydrogen-bond donors (Lipinski definition) is 0. The van der Waals surface area contributed by atoms with E-state index in [4.69, 9.17) is 4.74 Å². The molecule has 1 fully saturated rings. The highest BCUT2D eigenvalue weighted by atomic mass is 16.6. The lowest BCUT2D eigenvalue weighted by Crippen LogP contribution is -2.44. The third kappa shape index (κ3) is 3.30. The van der Waals surface area contributed by atoms with Gasteiger partial charge in [0, 0.05) is 38.8 Å². The Morgan fingerprint density at radius 2 is 2.19 bits per heavy atom. The lowest BCUT2D eigenvalue weighted by Gasteiger charge is -2.31. The van der Waals surface area contributed by atoms with Crippen molar-refractivity contribution in [2.75, 3.05) is 38.7 Å². The summed E-state index contributed by atoms with van der Waals surface area (Å²) in [5.41, 5.74) is 0.750. The van der Waals surface area contributed by atoms with Crippen molar-refractivity contribution in [3.05, 3.63) is 33.9 Å². The van der Waals surface area contributed by atoms with Crippen LogP contribution in [0.4, 0.5) is 11.4 Å². The Morgan fingerprint density at radius 3 is 2.76 bits per heavy atom. The van der Waals surface area contributed by atoms with Gasteiger partial charge in [0.05, 0.1) is 17.6 Å². The fourth-order valence-corrected chi connectivity index (χ4v) is 2.37. The quantitative estimate of drug-likeness (QED) is 0.624. The minimum Gasteiger partial charge on any atom is -0.375 e. The molecular formula is C14H19N3O4. The maximum absolute atomic E-state index is 12.4. The van der Waals surface area contributed by atoms with Gasteiger partial charge in [0.25, 0.3) is 11.6 Å². The molecule has 1 aromatic rings. The molecule has 1 aliphatic heterocycles. The van der Waals surface area contributed by atoms with Gasteiger partial charge in [-0.15, -0.1) is 0 Å². The number of carbonyl (C=O) groups is 1. The average Bonchev–Trinajstić information content (AvgIpc) is 2.45. The highest BCUT2D eigenvalue weighted by Gasteiger charge is 2.25. The van der Waals surface area contributed by atoms with E-state index in [1.165, 1.54) is 6.07 Å². The van der Waals surface area contributed by atoms with E-state index in [1.807, 2.05) is 6.92 Å². The third-order valence-electron chi connectivity index (χ3n) is 3.43. The van der Waals surface area contributed by atoms with Gasteiger partial charge in [0.1, 0.15) is 5.69 Å². The Bertz CT molecular complexity index is 559. The average molecular weight is 293 g/mol. The SMILES string of the molecule is CC1CN(C(=O)c2ccc(N(C)C)c([N+](=O)[O-])c2)CCO1. The maximum atomic E-state index is 12.4. The van der Waals surface area contributed by atoms with E-state index in [2.05, 4.69) is 0 Å². The molecule has 0 aromatic heterocycles. The monoisotopic (exact) mass is 293 g/mol. The summed E-state index contributed by atoms with van der Waals surface area (Å²) in [6.45, 7) is 3.40. The molecule has 1 unspecified atom stereocenters. The van der Waals surface area contributed by atoms with E-state index in [-0.39, 0.29) is 17.7 Å². The van der Waals surface area contributed by atoms with Crippen LogP contribution in [0.15, 0.2) is 18.2 Å². The molecule has 1 aliphatic rings. The molecule has 1 aromatic carbocycles. The fourth-order valence-electron chi connectivity index (χ4n) is 2.37. The molecule has 0 bridgehead atoms. The van der Waals surface area contributed by atoms with Crippen molar-refractivity contribution in [2.24, 2.45) is 0 Å². The first-order valence-corrected chi connectivity index (χ1v) is 6.76. The normalized spacial score (nSPS) is 18.4. The molecule has 2 rings (SSSR count). The molecule has 21 heavy (non-hydrogen) atoms. The minimum absolute atomic E-state index is 0.0151. The first kappa shape index (κ1) is 15.2. The molecule has 0 aliphatic carbocycles. The highest BCUT2D eigenvalue weighted by molar-refractivity contribution is 5.95. The van der Waals surface area contributed by atoms with E-state index in [1.54, 1.807) is 36.0 Å². The van der Waals surface area contributed by atoms with Gasteiger partial charge in [0.2, 0.25) is 0 Å². The molecule has 1 heterocycles. The summed E-state index contributed by atoms with van der Waals surface area (Å²) in [6, 6.07) is 4.58. The van der Waals surface area contributed by atoms with Gasteiger partial charge in [-0.1, -0.05) is 0 Å². The fraction of sp³-hybridized carbons (Fsp3) is 0.500. The summed E-state index contributed by atoms with van der Waals surface area (Å²) < 4.78 is 5.40. The van der Waals surface area contributed by atoms with Crippen LogP contribution in [0.1, 0.15) is 17.3 Å². The van der Waals surface area contributed by atoms with Gasteiger partial charge in [0.15, 0.2) is 0 Å². The number of ether oxygens (including phenoxy) is 1. The maximum Gasteiger partial charge on any atom is 0.293 e. The number of nitro benzene ring substituents is 1. The van der Waals surface area contributed by atoms with Crippen molar-refractivity contribution in [2.45, 2.75) is 13.0 Å². The van der Waals surface area contributed by atoms with Crippen molar-refractivity contribution in [3.8, 4) is 0 Å². The van der Waals surface area contributed by atoms with E-state index in [0.717, 1.165) is 0 Å². The Hall–Kier alpha value is -2.15. The summed E-state index contributed by atoms with van der Waals surface area (Å²) in [4.78, 5) is 26.5. The number of benzene rings is 1. The van der Waals surface area contributed by atoms with Crippen LogP contribution in [0.2, 0.25) is 0 Å². The van der Waals surface area contributed by atoms with Crippen molar-refractivity contribution in [1.29, 1.82) is 0 Å². The van der Waals surface area contributed by atoms with Crippen LogP contribution in [-0.2, 0) is 4.74 Å². The third-order valence-corrected chi connectivity index (χ3v) is 3.43. The van der Waals surface area contributed by atoms with E-state index in [0.29, 0.717) is 30.9 Å².